The van der Waals surface area contributed by atoms with Crippen molar-refractivity contribution in [1.82, 2.24) is 4.90 Å². The fourth-order valence-electron chi connectivity index (χ4n) is 1.65. The Morgan fingerprint density at radius 1 is 1.59 bits per heavy atom. The molecule has 1 fully saturated rings. The van der Waals surface area contributed by atoms with Gasteiger partial charge in [-0.15, -0.1) is 0 Å². The lowest BCUT2D eigenvalue weighted by Crippen LogP contribution is -2.33. The molecule has 0 heterocycles. The summed E-state index contributed by atoms with van der Waals surface area (Å²) in [6, 6.07) is 7.38. The maximum absolute atomic E-state index is 12.3. The second kappa shape index (κ2) is 5.07. The number of carbonyl (C=O) groups excluding carboxylic acids is 1. The first-order chi connectivity index (χ1) is 8.13. The van der Waals surface area contributed by atoms with Crippen LogP contribution in [0.25, 0.3) is 0 Å². The molecule has 0 saturated heterocycles. The zero-order valence-electron chi connectivity index (χ0n) is 8.99. The number of amides is 1. The number of hydrogen-bond acceptors (Lipinski definition) is 2. The van der Waals surface area contributed by atoms with E-state index in [1.165, 1.54) is 0 Å². The Labute approximate surface area is 113 Å². The van der Waals surface area contributed by atoms with Crippen LogP contribution in [0.2, 0.25) is 5.02 Å². The lowest BCUT2D eigenvalue weighted by atomic mass is 10.2. The van der Waals surface area contributed by atoms with Crippen molar-refractivity contribution < 1.29 is 4.79 Å². The van der Waals surface area contributed by atoms with E-state index in [4.69, 9.17) is 16.9 Å². The molecule has 1 aliphatic rings. The van der Waals surface area contributed by atoms with Gasteiger partial charge in [0.05, 0.1) is 16.7 Å². The van der Waals surface area contributed by atoms with Crippen LogP contribution in [0.1, 0.15) is 23.2 Å². The fraction of sp³-hybridized carbons (Fsp3) is 0.333. The molecule has 0 atom stereocenters. The van der Waals surface area contributed by atoms with E-state index in [-0.39, 0.29) is 18.5 Å². The van der Waals surface area contributed by atoms with E-state index in [1.807, 2.05) is 6.07 Å². The Morgan fingerprint density at radius 3 is 2.88 bits per heavy atom. The minimum Gasteiger partial charge on any atom is -0.322 e. The summed E-state index contributed by atoms with van der Waals surface area (Å²) in [7, 11) is 0. The maximum Gasteiger partial charge on any atom is 0.256 e. The summed E-state index contributed by atoms with van der Waals surface area (Å²) in [6.07, 6.45) is 1.94. The van der Waals surface area contributed by atoms with Crippen molar-refractivity contribution in [3.05, 3.63) is 33.3 Å². The molecule has 2 rings (SSSR count). The molecule has 1 amide bonds. The molecule has 1 saturated carbocycles. The van der Waals surface area contributed by atoms with Crippen molar-refractivity contribution >= 4 is 33.4 Å². The van der Waals surface area contributed by atoms with Crippen LogP contribution in [-0.4, -0.2) is 23.4 Å². The first-order valence-electron chi connectivity index (χ1n) is 5.26. The van der Waals surface area contributed by atoms with Gasteiger partial charge in [0.15, 0.2) is 0 Å². The molecule has 0 spiro atoms. The van der Waals surface area contributed by atoms with E-state index >= 15 is 0 Å². The van der Waals surface area contributed by atoms with E-state index < -0.39 is 0 Å². The maximum atomic E-state index is 12.3. The van der Waals surface area contributed by atoms with E-state index in [0.29, 0.717) is 10.6 Å². The Hall–Kier alpha value is -1.05. The van der Waals surface area contributed by atoms with Crippen LogP contribution >= 0.6 is 27.5 Å². The predicted molar refractivity (Wildman–Crippen MR) is 68.8 cm³/mol. The largest absolute Gasteiger partial charge is 0.322 e. The fourth-order valence-corrected chi connectivity index (χ4v) is 2.20. The Kier molecular flexibility index (Phi) is 3.70. The molecule has 0 aliphatic heterocycles. The first-order valence-corrected chi connectivity index (χ1v) is 6.43. The molecule has 0 bridgehead atoms. The lowest BCUT2D eigenvalue weighted by molar-refractivity contribution is 0.0765. The van der Waals surface area contributed by atoms with Crippen molar-refractivity contribution in [3.63, 3.8) is 0 Å². The van der Waals surface area contributed by atoms with Crippen LogP contribution < -0.4 is 0 Å². The van der Waals surface area contributed by atoms with Gasteiger partial charge in [-0.1, -0.05) is 27.5 Å². The molecular weight excluding hydrogens is 304 g/mol. The molecule has 0 radical (unpaired) electrons. The second-order valence-corrected chi connectivity index (χ2v) is 5.27. The highest BCUT2D eigenvalue weighted by Crippen LogP contribution is 2.30. The van der Waals surface area contributed by atoms with Crippen LogP contribution in [-0.2, 0) is 0 Å². The molecule has 5 heteroatoms. The van der Waals surface area contributed by atoms with Gasteiger partial charge in [-0.25, -0.2) is 0 Å². The molecular formula is C12H10BrClN2O. The first kappa shape index (κ1) is 12.4. The van der Waals surface area contributed by atoms with Crippen molar-refractivity contribution in [2.75, 3.05) is 6.54 Å². The summed E-state index contributed by atoms with van der Waals surface area (Å²) in [5, 5.41) is 9.17. The SMILES string of the molecule is N#CCN(C(=O)c1cc(Br)ccc1Cl)C1CC1. The van der Waals surface area contributed by atoms with Gasteiger partial charge in [0.25, 0.3) is 5.91 Å². The number of benzene rings is 1. The highest BCUT2D eigenvalue weighted by molar-refractivity contribution is 9.10. The van der Waals surface area contributed by atoms with Crippen LogP contribution in [0.3, 0.4) is 0 Å². The quantitative estimate of drug-likeness (QED) is 0.804. The lowest BCUT2D eigenvalue weighted by Gasteiger charge is -2.19. The van der Waals surface area contributed by atoms with E-state index in [0.717, 1.165) is 17.3 Å². The average Bonchev–Trinajstić information content (AvgIpc) is 3.12. The van der Waals surface area contributed by atoms with Crippen molar-refractivity contribution in [2.24, 2.45) is 0 Å². The summed E-state index contributed by atoms with van der Waals surface area (Å²) in [4.78, 5) is 13.8. The van der Waals surface area contributed by atoms with Gasteiger partial charge < -0.3 is 4.90 Å². The summed E-state index contributed by atoms with van der Waals surface area (Å²) in [6.45, 7) is 0.117. The van der Waals surface area contributed by atoms with Gasteiger partial charge in [0.2, 0.25) is 0 Å². The molecule has 88 valence electrons. The summed E-state index contributed by atoms with van der Waals surface area (Å²) in [5.41, 5.74) is 0.447. The third-order valence-electron chi connectivity index (χ3n) is 2.65. The average molecular weight is 314 g/mol. The van der Waals surface area contributed by atoms with Crippen LogP contribution in [0.5, 0.6) is 0 Å². The van der Waals surface area contributed by atoms with Crippen molar-refractivity contribution in [2.45, 2.75) is 18.9 Å². The standard InChI is InChI=1S/C12H10BrClN2O/c13-8-1-4-11(14)10(7-8)12(17)16(6-5-15)9-2-3-9/h1,4,7,9H,2-3,6H2. The number of hydrogen-bond donors (Lipinski definition) is 0. The van der Waals surface area contributed by atoms with E-state index in [1.54, 1.807) is 23.1 Å². The van der Waals surface area contributed by atoms with E-state index in [2.05, 4.69) is 15.9 Å². The van der Waals surface area contributed by atoms with Gasteiger partial charge in [-0.2, -0.15) is 5.26 Å². The zero-order chi connectivity index (χ0) is 12.4. The normalized spacial score (nSPS) is 14.2. The van der Waals surface area contributed by atoms with Gasteiger partial charge in [0.1, 0.15) is 6.54 Å². The molecule has 17 heavy (non-hydrogen) atoms. The Balaban J connectivity index is 2.28. The van der Waals surface area contributed by atoms with Crippen LogP contribution in [0.4, 0.5) is 0 Å². The molecule has 1 aromatic rings. The minimum atomic E-state index is -0.166. The molecule has 0 unspecified atom stereocenters. The zero-order valence-corrected chi connectivity index (χ0v) is 11.3. The number of nitrogens with zero attached hydrogens (tertiary/aromatic N) is 2. The molecule has 1 aliphatic carbocycles. The van der Waals surface area contributed by atoms with Crippen molar-refractivity contribution in [3.8, 4) is 6.07 Å². The summed E-state index contributed by atoms with van der Waals surface area (Å²) in [5.74, 6) is -0.166. The Morgan fingerprint density at radius 2 is 2.29 bits per heavy atom. The van der Waals surface area contributed by atoms with Gasteiger partial charge in [-0.3, -0.25) is 4.79 Å². The topological polar surface area (TPSA) is 44.1 Å². The third-order valence-corrected chi connectivity index (χ3v) is 3.47. The summed E-state index contributed by atoms with van der Waals surface area (Å²) >= 11 is 9.32. The van der Waals surface area contributed by atoms with E-state index in [9.17, 15) is 4.79 Å². The molecule has 3 nitrogen and oxygen atoms in total. The molecule has 0 N–H and O–H groups in total. The van der Waals surface area contributed by atoms with Gasteiger partial charge in [-0.05, 0) is 31.0 Å². The van der Waals surface area contributed by atoms with Gasteiger partial charge >= 0.3 is 0 Å². The van der Waals surface area contributed by atoms with Crippen LogP contribution in [0, 0.1) is 11.3 Å². The predicted octanol–water partition coefficient (Wildman–Crippen LogP) is 3.23. The number of carbonyl (C=O) groups is 1. The second-order valence-electron chi connectivity index (χ2n) is 3.95. The number of nitriles is 1. The Bertz CT molecular complexity index is 494. The van der Waals surface area contributed by atoms with Gasteiger partial charge in [0, 0.05) is 10.5 Å². The highest BCUT2D eigenvalue weighted by Gasteiger charge is 2.33. The van der Waals surface area contributed by atoms with Crippen LogP contribution in [0.15, 0.2) is 22.7 Å². The molecule has 1 aromatic carbocycles. The monoisotopic (exact) mass is 312 g/mol. The highest BCUT2D eigenvalue weighted by atomic mass is 79.9. The number of rotatable bonds is 3. The number of halogens is 2. The van der Waals surface area contributed by atoms with Crippen molar-refractivity contribution in [1.29, 1.82) is 5.26 Å². The summed E-state index contributed by atoms with van der Waals surface area (Å²) < 4.78 is 0.804. The smallest absolute Gasteiger partial charge is 0.256 e. The third kappa shape index (κ3) is 2.80. The molecule has 0 aromatic heterocycles. The minimum absolute atomic E-state index is 0.117.